The average Bonchev–Trinajstić information content (AvgIpc) is 2.69. The molecule has 0 radical (unpaired) electrons. The zero-order valence-electron chi connectivity index (χ0n) is 7.85. The Labute approximate surface area is 78.0 Å². The van der Waals surface area contributed by atoms with Gasteiger partial charge in [-0.3, -0.25) is 0 Å². The lowest BCUT2D eigenvalue weighted by atomic mass is 9.87. The van der Waals surface area contributed by atoms with E-state index in [1.54, 1.807) is 0 Å². The van der Waals surface area contributed by atoms with Gasteiger partial charge in [-0.25, -0.2) is 0 Å². The fourth-order valence-electron chi connectivity index (χ4n) is 3.49. The molecule has 6 unspecified atom stereocenters. The van der Waals surface area contributed by atoms with Gasteiger partial charge >= 0.3 is 0 Å². The van der Waals surface area contributed by atoms with E-state index in [2.05, 4.69) is 0 Å². The fraction of sp³-hybridized carbons (Fsp3) is 1.00. The van der Waals surface area contributed by atoms with Crippen molar-refractivity contribution in [2.75, 3.05) is 6.61 Å². The van der Waals surface area contributed by atoms with Gasteiger partial charge in [0.2, 0.25) is 0 Å². The molecule has 0 amide bonds. The van der Waals surface area contributed by atoms with E-state index in [4.69, 9.17) is 9.47 Å². The van der Waals surface area contributed by atoms with E-state index in [0.717, 1.165) is 13.0 Å². The second-order valence-electron chi connectivity index (χ2n) is 4.47. The highest BCUT2D eigenvalue weighted by molar-refractivity contribution is 5.07. The van der Waals surface area contributed by atoms with E-state index < -0.39 is 6.29 Å². The number of rotatable bonds is 2. The smallest absolute Gasteiger partial charge is 0.158 e. The first-order valence-electron chi connectivity index (χ1n) is 5.26. The van der Waals surface area contributed by atoms with Crippen LogP contribution in [0.2, 0.25) is 0 Å². The molecule has 0 aromatic heterocycles. The molecule has 1 heterocycles. The highest BCUT2D eigenvalue weighted by Gasteiger charge is 2.61. The van der Waals surface area contributed by atoms with Gasteiger partial charge in [-0.05, 0) is 31.6 Å². The highest BCUT2D eigenvalue weighted by atomic mass is 16.6. The van der Waals surface area contributed by atoms with E-state index in [1.165, 1.54) is 6.42 Å². The number of hydrogen-bond acceptors (Lipinski definition) is 3. The Bertz CT molecular complexity index is 218. The Morgan fingerprint density at radius 1 is 1.38 bits per heavy atom. The van der Waals surface area contributed by atoms with Crippen molar-refractivity contribution in [3.8, 4) is 0 Å². The first-order chi connectivity index (χ1) is 6.31. The molecule has 1 aliphatic heterocycles. The zero-order chi connectivity index (χ0) is 9.00. The second-order valence-corrected chi connectivity index (χ2v) is 4.47. The summed E-state index contributed by atoms with van der Waals surface area (Å²) in [5, 5.41) is 9.60. The summed E-state index contributed by atoms with van der Waals surface area (Å²) in [6, 6.07) is 0. The van der Waals surface area contributed by atoms with Crippen LogP contribution in [-0.4, -0.2) is 30.2 Å². The summed E-state index contributed by atoms with van der Waals surface area (Å²) >= 11 is 0. The molecule has 2 saturated carbocycles. The Kier molecular flexibility index (Phi) is 1.70. The van der Waals surface area contributed by atoms with Crippen LogP contribution in [0.5, 0.6) is 0 Å². The maximum absolute atomic E-state index is 9.60. The monoisotopic (exact) mass is 184 g/mol. The van der Waals surface area contributed by atoms with Crippen molar-refractivity contribution in [1.82, 2.24) is 0 Å². The molecule has 13 heavy (non-hydrogen) atoms. The number of ether oxygens (including phenoxy) is 2. The van der Waals surface area contributed by atoms with Gasteiger partial charge in [0.25, 0.3) is 0 Å². The van der Waals surface area contributed by atoms with Gasteiger partial charge in [-0.1, -0.05) is 0 Å². The molecule has 0 spiro atoms. The van der Waals surface area contributed by atoms with Crippen LogP contribution < -0.4 is 0 Å². The molecule has 3 aliphatic rings. The molecule has 3 nitrogen and oxygen atoms in total. The van der Waals surface area contributed by atoms with Crippen LogP contribution >= 0.6 is 0 Å². The molecule has 2 bridgehead atoms. The lowest BCUT2D eigenvalue weighted by molar-refractivity contribution is -0.130. The van der Waals surface area contributed by atoms with Gasteiger partial charge in [-0.15, -0.1) is 0 Å². The molecule has 3 heteroatoms. The summed E-state index contributed by atoms with van der Waals surface area (Å²) in [6.07, 6.45) is 2.26. The van der Waals surface area contributed by atoms with Crippen molar-refractivity contribution in [1.29, 1.82) is 0 Å². The molecule has 0 aromatic rings. The number of aliphatic hydroxyl groups is 1. The van der Waals surface area contributed by atoms with E-state index in [9.17, 15) is 5.11 Å². The first-order valence-corrected chi connectivity index (χ1v) is 5.26. The van der Waals surface area contributed by atoms with Crippen LogP contribution in [0.25, 0.3) is 0 Å². The van der Waals surface area contributed by atoms with Crippen molar-refractivity contribution in [2.24, 2.45) is 17.8 Å². The molecule has 6 atom stereocenters. The maximum Gasteiger partial charge on any atom is 0.158 e. The Morgan fingerprint density at radius 3 is 2.92 bits per heavy atom. The van der Waals surface area contributed by atoms with Crippen molar-refractivity contribution in [3.05, 3.63) is 0 Å². The van der Waals surface area contributed by atoms with Crippen LogP contribution in [0.3, 0.4) is 0 Å². The summed E-state index contributed by atoms with van der Waals surface area (Å²) < 4.78 is 11.2. The molecule has 1 saturated heterocycles. The third-order valence-electron chi connectivity index (χ3n) is 3.93. The van der Waals surface area contributed by atoms with Gasteiger partial charge in [0.15, 0.2) is 6.29 Å². The van der Waals surface area contributed by atoms with Crippen LogP contribution in [-0.2, 0) is 9.47 Å². The minimum Gasteiger partial charge on any atom is -0.376 e. The van der Waals surface area contributed by atoms with Gasteiger partial charge in [-0.2, -0.15) is 0 Å². The third kappa shape index (κ3) is 0.953. The SMILES string of the molecule is CCOC1C2CC3C(O)OC1C3C2. The van der Waals surface area contributed by atoms with Crippen molar-refractivity contribution >= 4 is 0 Å². The predicted octanol–water partition coefficient (Wildman–Crippen LogP) is 0.765. The minimum atomic E-state index is -0.509. The summed E-state index contributed by atoms with van der Waals surface area (Å²) in [7, 11) is 0. The van der Waals surface area contributed by atoms with E-state index in [-0.39, 0.29) is 12.2 Å². The van der Waals surface area contributed by atoms with Crippen LogP contribution in [0.15, 0.2) is 0 Å². The Morgan fingerprint density at radius 2 is 2.15 bits per heavy atom. The largest absolute Gasteiger partial charge is 0.376 e. The molecular formula is C10H16O3. The second kappa shape index (κ2) is 2.69. The number of hydrogen-bond donors (Lipinski definition) is 1. The van der Waals surface area contributed by atoms with Crippen molar-refractivity contribution in [2.45, 2.75) is 38.3 Å². The van der Waals surface area contributed by atoms with Crippen molar-refractivity contribution < 1.29 is 14.6 Å². The lowest BCUT2D eigenvalue weighted by Crippen LogP contribution is -2.34. The highest BCUT2D eigenvalue weighted by Crippen LogP contribution is 2.56. The lowest BCUT2D eigenvalue weighted by Gasteiger charge is -2.25. The molecular weight excluding hydrogens is 168 g/mol. The number of aliphatic hydroxyl groups excluding tert-OH is 1. The van der Waals surface area contributed by atoms with E-state index in [1.807, 2.05) is 6.92 Å². The summed E-state index contributed by atoms with van der Waals surface area (Å²) in [5.41, 5.74) is 0. The zero-order valence-corrected chi connectivity index (χ0v) is 7.85. The maximum atomic E-state index is 9.60. The topological polar surface area (TPSA) is 38.7 Å². The van der Waals surface area contributed by atoms with Gasteiger partial charge in [0, 0.05) is 12.5 Å². The van der Waals surface area contributed by atoms with Gasteiger partial charge in [0.05, 0.1) is 12.2 Å². The average molecular weight is 184 g/mol. The van der Waals surface area contributed by atoms with Crippen LogP contribution in [0.4, 0.5) is 0 Å². The standard InChI is InChI=1S/C10H16O3/c1-2-12-8-5-3-6-7(4-5)10(11)13-9(6)8/h5-11H,2-4H2,1H3. The molecule has 3 rings (SSSR count). The van der Waals surface area contributed by atoms with E-state index >= 15 is 0 Å². The van der Waals surface area contributed by atoms with Crippen molar-refractivity contribution in [3.63, 3.8) is 0 Å². The normalized spacial score (nSPS) is 57.7. The molecule has 1 N–H and O–H groups in total. The molecule has 0 aromatic carbocycles. The Hall–Kier alpha value is -0.120. The predicted molar refractivity (Wildman–Crippen MR) is 46.0 cm³/mol. The summed E-state index contributed by atoms with van der Waals surface area (Å²) in [4.78, 5) is 0. The summed E-state index contributed by atoms with van der Waals surface area (Å²) in [5.74, 6) is 1.64. The molecule has 2 aliphatic carbocycles. The van der Waals surface area contributed by atoms with Gasteiger partial charge < -0.3 is 14.6 Å². The molecule has 74 valence electrons. The van der Waals surface area contributed by atoms with Crippen LogP contribution in [0, 0.1) is 17.8 Å². The molecule has 3 fully saturated rings. The first kappa shape index (κ1) is 8.21. The quantitative estimate of drug-likeness (QED) is 0.688. The summed E-state index contributed by atoms with van der Waals surface area (Å²) in [6.45, 7) is 2.78. The Balaban J connectivity index is 1.82. The van der Waals surface area contributed by atoms with Crippen LogP contribution in [0.1, 0.15) is 19.8 Å². The van der Waals surface area contributed by atoms with E-state index in [0.29, 0.717) is 17.8 Å². The number of fused-ring (bicyclic) bond motifs is 1. The van der Waals surface area contributed by atoms with Gasteiger partial charge in [0.1, 0.15) is 0 Å². The fourth-order valence-corrected chi connectivity index (χ4v) is 3.49. The third-order valence-corrected chi connectivity index (χ3v) is 3.93. The minimum absolute atomic E-state index is 0.193.